The number of rotatable bonds is 4. The lowest BCUT2D eigenvalue weighted by atomic mass is 10.5. The monoisotopic (exact) mass is 159 g/mol. The van der Waals surface area contributed by atoms with Gasteiger partial charge in [-0.25, -0.2) is 4.79 Å². The first-order valence-electron chi connectivity index (χ1n) is 3.11. The topological polar surface area (TPSA) is 84.3 Å². The second-order valence-electron chi connectivity index (χ2n) is 1.60. The first-order valence-corrected chi connectivity index (χ1v) is 3.11. The summed E-state index contributed by atoms with van der Waals surface area (Å²) in [5.41, 5.74) is 7.78. The van der Waals surface area contributed by atoms with E-state index in [1.165, 1.54) is 0 Å². The lowest BCUT2D eigenvalue weighted by Crippen LogP contribution is -2.07. The average molecular weight is 159 g/mol. The SMILES string of the molecule is CCCOC(=O)OCN=[N+]=[N-]. The highest BCUT2D eigenvalue weighted by Gasteiger charge is 1.99. The van der Waals surface area contributed by atoms with Crippen LogP contribution in [0.4, 0.5) is 4.79 Å². The molecule has 0 aliphatic heterocycles. The van der Waals surface area contributed by atoms with Gasteiger partial charge in [0.15, 0.2) is 6.73 Å². The van der Waals surface area contributed by atoms with Crippen molar-refractivity contribution in [1.29, 1.82) is 0 Å². The third-order valence-electron chi connectivity index (χ3n) is 0.727. The Kier molecular flexibility index (Phi) is 5.83. The van der Waals surface area contributed by atoms with Crippen LogP contribution in [0.15, 0.2) is 5.11 Å². The summed E-state index contributed by atoms with van der Waals surface area (Å²) in [7, 11) is 0. The zero-order valence-corrected chi connectivity index (χ0v) is 6.19. The molecular weight excluding hydrogens is 150 g/mol. The van der Waals surface area contributed by atoms with Crippen LogP contribution in [-0.2, 0) is 9.47 Å². The summed E-state index contributed by atoms with van der Waals surface area (Å²) in [4.78, 5) is 12.8. The summed E-state index contributed by atoms with van der Waals surface area (Å²) in [5, 5.41) is 2.98. The maximum atomic E-state index is 10.4. The van der Waals surface area contributed by atoms with Crippen molar-refractivity contribution in [3.05, 3.63) is 10.4 Å². The molecule has 0 aliphatic rings. The standard InChI is InChI=1S/C5H9N3O3/c1-2-3-10-5(9)11-4-7-8-6/h2-4H2,1H3. The first-order chi connectivity index (χ1) is 5.31. The summed E-state index contributed by atoms with van der Waals surface area (Å²) < 4.78 is 8.80. The molecule has 0 rings (SSSR count). The molecule has 62 valence electrons. The van der Waals surface area contributed by atoms with Crippen LogP contribution in [0, 0.1) is 0 Å². The Bertz CT molecular complexity index is 164. The normalized spacial score (nSPS) is 8.09. The van der Waals surface area contributed by atoms with Crippen molar-refractivity contribution < 1.29 is 14.3 Å². The summed E-state index contributed by atoms with van der Waals surface area (Å²) in [5.74, 6) is 0. The smallest absolute Gasteiger partial charge is 0.434 e. The average Bonchev–Trinajstić information content (AvgIpc) is 2.01. The van der Waals surface area contributed by atoms with Gasteiger partial charge in [-0.15, -0.1) is 0 Å². The second-order valence-corrected chi connectivity index (χ2v) is 1.60. The van der Waals surface area contributed by atoms with Crippen molar-refractivity contribution in [3.8, 4) is 0 Å². The van der Waals surface area contributed by atoms with E-state index in [2.05, 4.69) is 19.5 Å². The number of azide groups is 1. The third-order valence-corrected chi connectivity index (χ3v) is 0.727. The molecule has 0 aliphatic carbocycles. The van der Waals surface area contributed by atoms with E-state index in [1.54, 1.807) is 0 Å². The van der Waals surface area contributed by atoms with Crippen molar-refractivity contribution in [3.63, 3.8) is 0 Å². The Labute approximate surface area is 63.7 Å². The van der Waals surface area contributed by atoms with Gasteiger partial charge >= 0.3 is 6.16 Å². The molecule has 0 amide bonds. The molecule has 11 heavy (non-hydrogen) atoms. The molecule has 0 radical (unpaired) electrons. The third kappa shape index (κ3) is 6.47. The van der Waals surface area contributed by atoms with Crippen LogP contribution in [0.5, 0.6) is 0 Å². The molecule has 0 bridgehead atoms. The van der Waals surface area contributed by atoms with Gasteiger partial charge in [0.2, 0.25) is 0 Å². The van der Waals surface area contributed by atoms with Gasteiger partial charge in [-0.1, -0.05) is 12.0 Å². The Morgan fingerprint density at radius 2 is 2.36 bits per heavy atom. The van der Waals surface area contributed by atoms with Gasteiger partial charge in [0.05, 0.1) is 6.61 Å². The number of hydrogen-bond acceptors (Lipinski definition) is 4. The maximum absolute atomic E-state index is 10.4. The van der Waals surface area contributed by atoms with Gasteiger partial charge < -0.3 is 9.47 Å². The lowest BCUT2D eigenvalue weighted by molar-refractivity contribution is 0.0573. The first kappa shape index (κ1) is 9.58. The Morgan fingerprint density at radius 3 is 2.91 bits per heavy atom. The number of ether oxygens (including phenoxy) is 2. The Morgan fingerprint density at radius 1 is 1.64 bits per heavy atom. The molecular formula is C5H9N3O3. The quantitative estimate of drug-likeness (QED) is 0.271. The maximum Gasteiger partial charge on any atom is 0.508 e. The van der Waals surface area contributed by atoms with Crippen LogP contribution < -0.4 is 0 Å². The van der Waals surface area contributed by atoms with E-state index in [0.717, 1.165) is 6.42 Å². The molecule has 0 N–H and O–H groups in total. The molecule has 0 spiro atoms. The minimum absolute atomic E-state index is 0.315. The van der Waals surface area contributed by atoms with Crippen molar-refractivity contribution in [2.45, 2.75) is 13.3 Å². The molecule has 0 aromatic carbocycles. The largest absolute Gasteiger partial charge is 0.508 e. The van der Waals surface area contributed by atoms with Crippen LogP contribution in [0.2, 0.25) is 0 Å². The van der Waals surface area contributed by atoms with E-state index < -0.39 is 6.16 Å². The summed E-state index contributed by atoms with van der Waals surface area (Å²) >= 11 is 0. The van der Waals surface area contributed by atoms with E-state index >= 15 is 0 Å². The van der Waals surface area contributed by atoms with Crippen LogP contribution in [0.3, 0.4) is 0 Å². The number of carbonyl (C=O) groups is 1. The predicted molar refractivity (Wildman–Crippen MR) is 36.7 cm³/mol. The van der Waals surface area contributed by atoms with E-state index in [-0.39, 0.29) is 6.73 Å². The predicted octanol–water partition coefficient (Wildman–Crippen LogP) is 1.82. The zero-order chi connectivity index (χ0) is 8.53. The molecule has 0 heterocycles. The minimum atomic E-state index is -0.806. The molecule has 0 fully saturated rings. The molecule has 0 saturated carbocycles. The highest BCUT2D eigenvalue weighted by Crippen LogP contribution is 1.87. The van der Waals surface area contributed by atoms with Gasteiger partial charge in [0.25, 0.3) is 0 Å². The van der Waals surface area contributed by atoms with Crippen molar-refractivity contribution >= 4 is 6.16 Å². The molecule has 0 unspecified atom stereocenters. The molecule has 0 aromatic rings. The van der Waals surface area contributed by atoms with Gasteiger partial charge in [-0.2, -0.15) is 0 Å². The van der Waals surface area contributed by atoms with Gasteiger partial charge in [-0.05, 0) is 12.0 Å². The van der Waals surface area contributed by atoms with Gasteiger partial charge in [-0.3, -0.25) is 0 Å². The van der Waals surface area contributed by atoms with E-state index in [9.17, 15) is 4.79 Å². The number of nitrogens with zero attached hydrogens (tertiary/aromatic N) is 3. The summed E-state index contributed by atoms with van der Waals surface area (Å²) in [6, 6.07) is 0. The zero-order valence-electron chi connectivity index (χ0n) is 6.19. The number of hydrogen-bond donors (Lipinski definition) is 0. The highest BCUT2D eigenvalue weighted by atomic mass is 16.7. The van der Waals surface area contributed by atoms with Crippen LogP contribution in [-0.4, -0.2) is 19.5 Å². The van der Waals surface area contributed by atoms with Crippen LogP contribution in [0.25, 0.3) is 10.4 Å². The molecule has 0 aromatic heterocycles. The fourth-order valence-corrected chi connectivity index (χ4v) is 0.334. The Hall–Kier alpha value is -1.42. The van der Waals surface area contributed by atoms with Crippen molar-refractivity contribution in [1.82, 2.24) is 0 Å². The van der Waals surface area contributed by atoms with Crippen LogP contribution >= 0.6 is 0 Å². The molecule has 6 nitrogen and oxygen atoms in total. The molecule has 0 saturated heterocycles. The fraction of sp³-hybridized carbons (Fsp3) is 0.800. The van der Waals surface area contributed by atoms with Crippen molar-refractivity contribution in [2.75, 3.05) is 13.3 Å². The van der Waals surface area contributed by atoms with Gasteiger partial charge in [0, 0.05) is 4.91 Å². The molecule has 0 atom stereocenters. The van der Waals surface area contributed by atoms with E-state index in [1.807, 2.05) is 6.92 Å². The van der Waals surface area contributed by atoms with E-state index in [4.69, 9.17) is 5.53 Å². The fourth-order valence-electron chi connectivity index (χ4n) is 0.334. The lowest BCUT2D eigenvalue weighted by Gasteiger charge is -2.00. The van der Waals surface area contributed by atoms with Crippen molar-refractivity contribution in [2.24, 2.45) is 5.11 Å². The molecule has 6 heteroatoms. The van der Waals surface area contributed by atoms with Gasteiger partial charge in [0.1, 0.15) is 0 Å². The van der Waals surface area contributed by atoms with Crippen LogP contribution in [0.1, 0.15) is 13.3 Å². The summed E-state index contributed by atoms with van der Waals surface area (Å²) in [6.45, 7) is 1.86. The highest BCUT2D eigenvalue weighted by molar-refractivity contribution is 5.59. The minimum Gasteiger partial charge on any atom is -0.434 e. The number of carbonyl (C=O) groups excluding carboxylic acids is 1. The Balaban J connectivity index is 3.29. The van der Waals surface area contributed by atoms with E-state index in [0.29, 0.717) is 6.61 Å². The summed E-state index contributed by atoms with van der Waals surface area (Å²) in [6.07, 6.45) is -0.0735. The second kappa shape index (κ2) is 6.70.